The molecule has 0 bridgehead atoms. The summed E-state index contributed by atoms with van der Waals surface area (Å²) in [7, 11) is 0. The van der Waals surface area contributed by atoms with Crippen LogP contribution in [0, 0.1) is 6.92 Å². The number of aryl methyl sites for hydroxylation is 1. The van der Waals surface area contributed by atoms with Gasteiger partial charge in [-0.1, -0.05) is 163 Å². The molecule has 0 unspecified atom stereocenters. The first-order chi connectivity index (χ1) is 23.2. The van der Waals surface area contributed by atoms with E-state index in [-0.39, 0.29) is 0 Å². The molecule has 7 aromatic carbocycles. The second-order valence-corrected chi connectivity index (χ2v) is 11.5. The highest BCUT2D eigenvalue weighted by molar-refractivity contribution is 6.21. The summed E-state index contributed by atoms with van der Waals surface area (Å²) in [6.07, 6.45) is 0. The Hall–Kier alpha value is -5.86. The molecule has 2 nitrogen and oxygen atoms in total. The molecule has 7 rings (SSSR count). The van der Waals surface area contributed by atoms with Gasteiger partial charge in [0, 0.05) is 11.3 Å². The Bertz CT molecular complexity index is 2140. The van der Waals surface area contributed by atoms with Gasteiger partial charge in [-0.3, -0.25) is 4.99 Å². The lowest BCUT2D eigenvalue weighted by atomic mass is 9.85. The minimum atomic E-state index is 0.569. The van der Waals surface area contributed by atoms with E-state index >= 15 is 0 Å². The van der Waals surface area contributed by atoms with Crippen LogP contribution >= 0.6 is 0 Å². The minimum absolute atomic E-state index is 0.569. The average molecular weight is 607 g/mol. The second-order valence-electron chi connectivity index (χ2n) is 11.5. The molecule has 0 saturated carbocycles. The summed E-state index contributed by atoms with van der Waals surface area (Å²) < 4.78 is 0. The zero-order valence-electron chi connectivity index (χ0n) is 27.0. The van der Waals surface area contributed by atoms with Crippen molar-refractivity contribution in [2.45, 2.75) is 20.4 Å². The van der Waals surface area contributed by atoms with Crippen LogP contribution in [0.2, 0.25) is 0 Å². The summed E-state index contributed by atoms with van der Waals surface area (Å²) in [5.74, 6) is 0.733. The molecule has 0 radical (unpaired) electrons. The fraction of sp³-hybridized carbons (Fsp3) is 0.0667. The van der Waals surface area contributed by atoms with Crippen LogP contribution in [-0.4, -0.2) is 11.5 Å². The molecular weight excluding hydrogens is 569 g/mol. The fourth-order valence-corrected chi connectivity index (χ4v) is 6.18. The van der Waals surface area contributed by atoms with Crippen molar-refractivity contribution in [3.05, 3.63) is 193 Å². The highest BCUT2D eigenvalue weighted by Crippen LogP contribution is 2.43. The number of nitrogens with zero attached hydrogens (tertiary/aromatic N) is 2. The van der Waals surface area contributed by atoms with Crippen LogP contribution in [0.15, 0.2) is 181 Å². The summed E-state index contributed by atoms with van der Waals surface area (Å²) in [5, 5.41) is 5.01. The third-order valence-electron chi connectivity index (χ3n) is 8.39. The van der Waals surface area contributed by atoms with E-state index in [2.05, 4.69) is 160 Å². The predicted octanol–water partition coefficient (Wildman–Crippen LogP) is 11.9. The van der Waals surface area contributed by atoms with Crippen molar-refractivity contribution in [1.29, 1.82) is 0 Å². The Morgan fingerprint density at radius 2 is 1.02 bits per heavy atom. The Labute approximate surface area is 278 Å². The number of hydrogen-bond acceptors (Lipinski definition) is 1. The molecule has 0 heterocycles. The molecule has 0 aromatic heterocycles. The predicted molar refractivity (Wildman–Crippen MR) is 204 cm³/mol. The summed E-state index contributed by atoms with van der Waals surface area (Å²) in [6.45, 7) is 10.8. The lowest BCUT2D eigenvalue weighted by Gasteiger charge is -2.18. The summed E-state index contributed by atoms with van der Waals surface area (Å²) in [4.78, 5) is 10.1. The normalized spacial score (nSPS) is 11.7. The van der Waals surface area contributed by atoms with Crippen LogP contribution in [0.4, 0.5) is 0 Å². The molecule has 0 atom stereocenters. The zero-order valence-corrected chi connectivity index (χ0v) is 27.0. The van der Waals surface area contributed by atoms with Crippen molar-refractivity contribution in [3.8, 4) is 22.3 Å². The standard InChI is InChI=1S/C43H34N2.C2H4/c1-30-14-13-19-36(28-30)42-39-22-11-9-20-37(39)41(38-21-10-12-23-40(38)42)34-24-26-35(27-25-34)43(44-29-32-15-5-3-6-16-32)45-31(2)33-17-7-4-8-18-33;1-2/h3-28H,29H2,1-2H3;1-2H2. The maximum absolute atomic E-state index is 5.05. The molecular formula is C45H38N2. The van der Waals surface area contributed by atoms with Gasteiger partial charge in [0.15, 0.2) is 5.84 Å². The summed E-state index contributed by atoms with van der Waals surface area (Å²) >= 11 is 0. The lowest BCUT2D eigenvalue weighted by molar-refractivity contribution is 1.06. The van der Waals surface area contributed by atoms with Crippen LogP contribution in [0.1, 0.15) is 29.2 Å². The van der Waals surface area contributed by atoms with Crippen molar-refractivity contribution in [1.82, 2.24) is 0 Å². The lowest BCUT2D eigenvalue weighted by Crippen LogP contribution is -2.04. The molecule has 7 aromatic rings. The number of rotatable bonds is 6. The largest absolute Gasteiger partial charge is 0.261 e. The molecule has 0 amide bonds. The smallest absolute Gasteiger partial charge is 0.155 e. The summed E-state index contributed by atoms with van der Waals surface area (Å²) in [5.41, 5.74) is 10.4. The molecule has 2 heteroatoms. The third kappa shape index (κ3) is 6.73. The minimum Gasteiger partial charge on any atom is -0.261 e. The van der Waals surface area contributed by atoms with Gasteiger partial charge in [-0.15, -0.1) is 13.2 Å². The number of hydrogen-bond donors (Lipinski definition) is 0. The molecule has 0 aliphatic heterocycles. The first-order valence-electron chi connectivity index (χ1n) is 16.0. The van der Waals surface area contributed by atoms with E-state index in [0.717, 1.165) is 28.2 Å². The first kappa shape index (κ1) is 31.1. The SMILES string of the molecule is C=C.CC(=NC(=NCc1ccccc1)c1ccc(-c2c3ccccc3c(-c3cccc(C)c3)c3ccccc23)cc1)c1ccccc1. The van der Waals surface area contributed by atoms with Crippen LogP contribution in [-0.2, 0) is 6.54 Å². The zero-order chi connectivity index (χ0) is 32.6. The third-order valence-corrected chi connectivity index (χ3v) is 8.39. The van der Waals surface area contributed by atoms with Gasteiger partial charge in [0.25, 0.3) is 0 Å². The van der Waals surface area contributed by atoms with Crippen molar-refractivity contribution >= 4 is 33.1 Å². The van der Waals surface area contributed by atoms with Gasteiger partial charge >= 0.3 is 0 Å². The molecule has 0 spiro atoms. The Balaban J connectivity index is 0.00000190. The van der Waals surface area contributed by atoms with E-state index in [1.807, 2.05) is 24.3 Å². The van der Waals surface area contributed by atoms with E-state index in [4.69, 9.17) is 9.98 Å². The van der Waals surface area contributed by atoms with E-state index in [1.165, 1.54) is 49.4 Å². The topological polar surface area (TPSA) is 24.7 Å². The Kier molecular flexibility index (Phi) is 9.60. The van der Waals surface area contributed by atoms with Gasteiger partial charge < -0.3 is 0 Å². The van der Waals surface area contributed by atoms with Gasteiger partial charge in [0.2, 0.25) is 0 Å². The average Bonchev–Trinajstić information content (AvgIpc) is 3.14. The van der Waals surface area contributed by atoms with Gasteiger partial charge in [-0.25, -0.2) is 4.99 Å². The fourth-order valence-electron chi connectivity index (χ4n) is 6.18. The number of fused-ring (bicyclic) bond motifs is 2. The van der Waals surface area contributed by atoms with Gasteiger partial charge in [0.05, 0.1) is 6.54 Å². The summed E-state index contributed by atoms with van der Waals surface area (Å²) in [6, 6.07) is 55.9. The van der Waals surface area contributed by atoms with Crippen molar-refractivity contribution < 1.29 is 0 Å². The van der Waals surface area contributed by atoms with Crippen LogP contribution < -0.4 is 0 Å². The van der Waals surface area contributed by atoms with Crippen LogP contribution in [0.5, 0.6) is 0 Å². The maximum Gasteiger partial charge on any atom is 0.155 e. The number of aliphatic imine (C=N–C) groups is 2. The maximum atomic E-state index is 5.05. The van der Waals surface area contributed by atoms with Crippen LogP contribution in [0.3, 0.4) is 0 Å². The molecule has 228 valence electrons. The molecule has 0 saturated heterocycles. The van der Waals surface area contributed by atoms with Crippen molar-refractivity contribution in [2.75, 3.05) is 0 Å². The van der Waals surface area contributed by atoms with Crippen molar-refractivity contribution in [3.63, 3.8) is 0 Å². The van der Waals surface area contributed by atoms with E-state index in [9.17, 15) is 0 Å². The van der Waals surface area contributed by atoms with Gasteiger partial charge in [-0.05, 0) is 68.8 Å². The van der Waals surface area contributed by atoms with Crippen LogP contribution in [0.25, 0.3) is 43.8 Å². The van der Waals surface area contributed by atoms with E-state index in [0.29, 0.717) is 6.54 Å². The molecule has 47 heavy (non-hydrogen) atoms. The van der Waals surface area contributed by atoms with E-state index in [1.54, 1.807) is 0 Å². The van der Waals surface area contributed by atoms with Crippen molar-refractivity contribution in [2.24, 2.45) is 9.98 Å². The van der Waals surface area contributed by atoms with Gasteiger partial charge in [0.1, 0.15) is 0 Å². The quantitative estimate of drug-likeness (QED) is 0.0779. The number of amidine groups is 1. The molecule has 0 fully saturated rings. The monoisotopic (exact) mass is 606 g/mol. The first-order valence-corrected chi connectivity index (χ1v) is 16.0. The Morgan fingerprint density at radius 1 is 0.511 bits per heavy atom. The van der Waals surface area contributed by atoms with E-state index < -0.39 is 0 Å². The molecule has 0 aliphatic rings. The second kappa shape index (κ2) is 14.5. The molecule has 0 N–H and O–H groups in total. The molecule has 0 aliphatic carbocycles. The number of benzene rings is 7. The Morgan fingerprint density at radius 3 is 1.57 bits per heavy atom. The van der Waals surface area contributed by atoms with Gasteiger partial charge in [-0.2, -0.15) is 0 Å². The highest BCUT2D eigenvalue weighted by atomic mass is 14.9. The highest BCUT2D eigenvalue weighted by Gasteiger charge is 2.17.